The van der Waals surface area contributed by atoms with E-state index in [0.29, 0.717) is 25.9 Å². The van der Waals surface area contributed by atoms with Gasteiger partial charge in [0.05, 0.1) is 5.75 Å². The van der Waals surface area contributed by atoms with E-state index in [2.05, 4.69) is 33.0 Å². The Morgan fingerprint density at radius 3 is 2.10 bits per heavy atom. The molecule has 2 aromatic rings. The predicted molar refractivity (Wildman–Crippen MR) is 126 cm³/mol. The minimum Gasteiger partial charge on any atom is -0.368 e. The first-order valence-corrected chi connectivity index (χ1v) is 13.1. The van der Waals surface area contributed by atoms with Crippen LogP contribution in [0.3, 0.4) is 0 Å². The molecule has 1 amide bonds. The van der Waals surface area contributed by atoms with Crippen LogP contribution in [0.4, 0.5) is 5.69 Å². The Morgan fingerprint density at radius 2 is 1.48 bits per heavy atom. The minimum absolute atomic E-state index is 0.000336. The number of benzene rings is 2. The van der Waals surface area contributed by atoms with Gasteiger partial charge in [0.25, 0.3) is 0 Å². The maximum Gasteiger partial charge on any atom is 0.225 e. The van der Waals surface area contributed by atoms with E-state index in [0.717, 1.165) is 36.2 Å². The van der Waals surface area contributed by atoms with Crippen molar-refractivity contribution in [2.45, 2.75) is 18.6 Å². The van der Waals surface area contributed by atoms with Gasteiger partial charge in [-0.1, -0.05) is 46.3 Å². The number of amides is 1. The summed E-state index contributed by atoms with van der Waals surface area (Å²) in [4.78, 5) is 17.3. The molecule has 0 aliphatic carbocycles. The second kappa shape index (κ2) is 9.71. The molecule has 31 heavy (non-hydrogen) atoms. The van der Waals surface area contributed by atoms with Crippen molar-refractivity contribution in [3.63, 3.8) is 0 Å². The molecule has 2 heterocycles. The second-order valence-corrected chi connectivity index (χ2v) is 11.1. The lowest BCUT2D eigenvalue weighted by atomic mass is 9.96. The van der Waals surface area contributed by atoms with Gasteiger partial charge in [-0.15, -0.1) is 0 Å². The summed E-state index contributed by atoms with van der Waals surface area (Å²) < 4.78 is 28.1. The summed E-state index contributed by atoms with van der Waals surface area (Å²) >= 11 is 3.37. The monoisotopic (exact) mass is 505 g/mol. The largest absolute Gasteiger partial charge is 0.368 e. The van der Waals surface area contributed by atoms with Crippen LogP contribution in [0.1, 0.15) is 18.4 Å². The molecule has 0 aromatic heterocycles. The van der Waals surface area contributed by atoms with E-state index >= 15 is 0 Å². The van der Waals surface area contributed by atoms with E-state index in [9.17, 15) is 13.2 Å². The average molecular weight is 506 g/mol. The molecule has 0 radical (unpaired) electrons. The highest BCUT2D eigenvalue weighted by Gasteiger charge is 2.34. The maximum atomic E-state index is 13.0. The molecule has 166 valence electrons. The van der Waals surface area contributed by atoms with Gasteiger partial charge < -0.3 is 9.80 Å². The van der Waals surface area contributed by atoms with Gasteiger partial charge >= 0.3 is 0 Å². The van der Waals surface area contributed by atoms with Crippen molar-refractivity contribution in [3.05, 3.63) is 64.6 Å². The SMILES string of the molecule is O=C(C1CCN(S(=O)(=O)Cc2ccc(Br)cc2)CC1)N1CCN(c2ccccc2)CC1. The Hall–Kier alpha value is -1.90. The van der Waals surface area contributed by atoms with E-state index in [1.54, 1.807) is 4.31 Å². The summed E-state index contributed by atoms with van der Waals surface area (Å²) in [6, 6.07) is 17.6. The van der Waals surface area contributed by atoms with Gasteiger partial charge in [0, 0.05) is 55.3 Å². The summed E-state index contributed by atoms with van der Waals surface area (Å²) in [7, 11) is -3.37. The number of halogens is 1. The average Bonchev–Trinajstić information content (AvgIpc) is 2.81. The third-order valence-electron chi connectivity index (χ3n) is 6.17. The van der Waals surface area contributed by atoms with Crippen molar-refractivity contribution in [2.75, 3.05) is 44.2 Å². The van der Waals surface area contributed by atoms with E-state index in [1.807, 2.05) is 47.4 Å². The molecule has 2 aliphatic heterocycles. The highest BCUT2D eigenvalue weighted by molar-refractivity contribution is 9.10. The molecule has 0 N–H and O–H groups in total. The van der Waals surface area contributed by atoms with Crippen LogP contribution >= 0.6 is 15.9 Å². The van der Waals surface area contributed by atoms with Crippen molar-refractivity contribution in [3.8, 4) is 0 Å². The highest BCUT2D eigenvalue weighted by Crippen LogP contribution is 2.25. The van der Waals surface area contributed by atoms with Gasteiger partial charge in [-0.05, 0) is 42.7 Å². The minimum atomic E-state index is -3.37. The molecule has 0 spiro atoms. The Morgan fingerprint density at radius 1 is 0.871 bits per heavy atom. The van der Waals surface area contributed by atoms with Crippen LogP contribution in [0.15, 0.2) is 59.1 Å². The van der Waals surface area contributed by atoms with Gasteiger partial charge in [0.2, 0.25) is 15.9 Å². The molecule has 0 bridgehead atoms. The topological polar surface area (TPSA) is 60.9 Å². The van der Waals surface area contributed by atoms with Crippen LogP contribution in [0.5, 0.6) is 0 Å². The van der Waals surface area contributed by atoms with Gasteiger partial charge in [-0.2, -0.15) is 0 Å². The van der Waals surface area contributed by atoms with Crippen molar-refractivity contribution in [1.82, 2.24) is 9.21 Å². The van der Waals surface area contributed by atoms with Gasteiger partial charge in [0.15, 0.2) is 0 Å². The van der Waals surface area contributed by atoms with Crippen LogP contribution in [-0.4, -0.2) is 62.8 Å². The fourth-order valence-electron chi connectivity index (χ4n) is 4.35. The van der Waals surface area contributed by atoms with Crippen LogP contribution in [-0.2, 0) is 20.6 Å². The maximum absolute atomic E-state index is 13.0. The molecule has 4 rings (SSSR count). The zero-order valence-electron chi connectivity index (χ0n) is 17.5. The van der Waals surface area contributed by atoms with E-state index in [1.165, 1.54) is 5.69 Å². The lowest BCUT2D eigenvalue weighted by molar-refractivity contribution is -0.137. The summed E-state index contributed by atoms with van der Waals surface area (Å²) in [5.74, 6) is 0.0976. The van der Waals surface area contributed by atoms with Gasteiger partial charge in [-0.25, -0.2) is 12.7 Å². The fourth-order valence-corrected chi connectivity index (χ4v) is 6.17. The number of piperidine rings is 1. The summed E-state index contributed by atoms with van der Waals surface area (Å²) in [6.07, 6.45) is 1.19. The number of hydrogen-bond donors (Lipinski definition) is 0. The Balaban J connectivity index is 1.27. The third kappa shape index (κ3) is 5.48. The number of carbonyl (C=O) groups is 1. The molecular formula is C23H28BrN3O3S. The van der Waals surface area contributed by atoms with Gasteiger partial charge in [-0.3, -0.25) is 4.79 Å². The van der Waals surface area contributed by atoms with Crippen molar-refractivity contribution in [1.29, 1.82) is 0 Å². The van der Waals surface area contributed by atoms with Crippen molar-refractivity contribution in [2.24, 2.45) is 5.92 Å². The zero-order valence-corrected chi connectivity index (χ0v) is 19.9. The van der Waals surface area contributed by atoms with E-state index in [4.69, 9.17) is 0 Å². The van der Waals surface area contributed by atoms with Crippen LogP contribution in [0.25, 0.3) is 0 Å². The van der Waals surface area contributed by atoms with Crippen LogP contribution in [0.2, 0.25) is 0 Å². The molecule has 2 fully saturated rings. The first-order chi connectivity index (χ1) is 14.9. The molecule has 0 unspecified atom stereocenters. The number of carbonyl (C=O) groups excluding carboxylic acids is 1. The number of hydrogen-bond acceptors (Lipinski definition) is 4. The number of rotatable bonds is 5. The predicted octanol–water partition coefficient (Wildman–Crippen LogP) is 3.34. The molecular weight excluding hydrogens is 478 g/mol. The normalized spacial score (nSPS) is 18.9. The first-order valence-electron chi connectivity index (χ1n) is 10.7. The zero-order chi connectivity index (χ0) is 21.8. The molecule has 0 saturated carbocycles. The number of sulfonamides is 1. The molecule has 2 aliphatic rings. The van der Waals surface area contributed by atoms with Gasteiger partial charge in [0.1, 0.15) is 0 Å². The molecule has 8 heteroatoms. The smallest absolute Gasteiger partial charge is 0.225 e. The molecule has 0 atom stereocenters. The standard InChI is InChI=1S/C23H28BrN3O3S/c24-21-8-6-19(7-9-21)18-31(29,30)27-12-10-20(11-13-27)23(28)26-16-14-25(15-17-26)22-4-2-1-3-5-22/h1-9,20H,10-18H2. The quantitative estimate of drug-likeness (QED) is 0.625. The van der Waals surface area contributed by atoms with Crippen LogP contribution in [0, 0.1) is 5.92 Å². The molecule has 6 nitrogen and oxygen atoms in total. The summed E-state index contributed by atoms with van der Waals surface area (Å²) in [5.41, 5.74) is 1.97. The van der Waals surface area contributed by atoms with E-state index in [-0.39, 0.29) is 17.6 Å². The summed E-state index contributed by atoms with van der Waals surface area (Å²) in [5, 5.41) is 0. The van der Waals surface area contributed by atoms with E-state index < -0.39 is 10.0 Å². The number of piperazine rings is 1. The Labute approximate surface area is 193 Å². The molecule has 2 saturated heterocycles. The third-order valence-corrected chi connectivity index (χ3v) is 8.55. The second-order valence-electron chi connectivity index (χ2n) is 8.20. The molecule has 2 aromatic carbocycles. The highest BCUT2D eigenvalue weighted by atomic mass is 79.9. The lowest BCUT2D eigenvalue weighted by Crippen LogP contribution is -2.52. The number of anilines is 1. The number of nitrogens with zero attached hydrogens (tertiary/aromatic N) is 3. The Kier molecular flexibility index (Phi) is 6.99. The van der Waals surface area contributed by atoms with Crippen LogP contribution < -0.4 is 4.90 Å². The first kappa shape index (κ1) is 22.3. The summed E-state index contributed by atoms with van der Waals surface area (Å²) in [6.45, 7) is 3.93. The number of para-hydroxylation sites is 1. The van der Waals surface area contributed by atoms with Crippen molar-refractivity contribution >= 4 is 37.5 Å². The Bertz CT molecular complexity index is 982. The lowest BCUT2D eigenvalue weighted by Gasteiger charge is -2.39. The fraction of sp³-hybridized carbons (Fsp3) is 0.435. The van der Waals surface area contributed by atoms with Crippen molar-refractivity contribution < 1.29 is 13.2 Å².